The molecule has 10 heteroatoms. The van der Waals surface area contributed by atoms with Crippen molar-refractivity contribution in [3.63, 3.8) is 0 Å². The molecular formula is C13H13N5O4S. The van der Waals surface area contributed by atoms with Crippen molar-refractivity contribution in [3.05, 3.63) is 21.5 Å². The maximum Gasteiger partial charge on any atom is 0.345 e. The Balaban J connectivity index is 2.33. The molecule has 0 aromatic carbocycles. The number of nitrogens with zero attached hydrogens (tertiary/aromatic N) is 4. The number of H-pyrrole nitrogens is 1. The molecule has 0 unspecified atom stereocenters. The minimum absolute atomic E-state index is 0.0777. The minimum atomic E-state index is -1.35. The van der Waals surface area contributed by atoms with Crippen molar-refractivity contribution >= 4 is 29.2 Å². The van der Waals surface area contributed by atoms with Crippen molar-refractivity contribution in [2.75, 3.05) is 37.5 Å². The maximum atomic E-state index is 12.6. The molecule has 0 atom stereocenters. The Kier molecular flexibility index (Phi) is 3.97. The average molecular weight is 335 g/mol. The van der Waals surface area contributed by atoms with Crippen LogP contribution in [0.1, 0.15) is 15.9 Å². The molecular weight excluding hydrogens is 322 g/mol. The monoisotopic (exact) mass is 335 g/mol. The van der Waals surface area contributed by atoms with Crippen LogP contribution in [-0.4, -0.2) is 58.2 Å². The lowest BCUT2D eigenvalue weighted by Gasteiger charge is -2.28. The van der Waals surface area contributed by atoms with Crippen LogP contribution in [0, 0.1) is 11.3 Å². The zero-order chi connectivity index (χ0) is 16.6. The van der Waals surface area contributed by atoms with Gasteiger partial charge in [-0.15, -0.1) is 11.8 Å². The lowest BCUT2D eigenvalue weighted by molar-refractivity contribution is 0.0693. The number of ether oxygens (including phenoxy) is 1. The van der Waals surface area contributed by atoms with Gasteiger partial charge in [0.2, 0.25) is 0 Å². The van der Waals surface area contributed by atoms with Gasteiger partial charge in [0.25, 0.3) is 5.56 Å². The van der Waals surface area contributed by atoms with Crippen molar-refractivity contribution in [2.45, 2.75) is 5.03 Å². The van der Waals surface area contributed by atoms with Crippen molar-refractivity contribution in [3.8, 4) is 6.07 Å². The van der Waals surface area contributed by atoms with E-state index in [1.807, 2.05) is 6.07 Å². The number of carboxylic acid groups (broad SMARTS) is 1. The summed E-state index contributed by atoms with van der Waals surface area (Å²) in [6.45, 7) is 1.72. The van der Waals surface area contributed by atoms with Crippen LogP contribution in [0.3, 0.4) is 0 Å². The molecule has 0 radical (unpaired) electrons. The molecule has 0 amide bonds. The highest BCUT2D eigenvalue weighted by atomic mass is 32.2. The van der Waals surface area contributed by atoms with Gasteiger partial charge in [0.15, 0.2) is 17.0 Å². The quantitative estimate of drug-likeness (QED) is 0.760. The molecule has 0 spiro atoms. The molecule has 0 aliphatic carbocycles. The predicted octanol–water partition coefficient (Wildman–Crippen LogP) is 0.151. The van der Waals surface area contributed by atoms with Crippen LogP contribution >= 0.6 is 11.8 Å². The number of carbonyl (C=O) groups is 1. The van der Waals surface area contributed by atoms with Gasteiger partial charge < -0.3 is 14.7 Å². The van der Waals surface area contributed by atoms with Crippen LogP contribution in [0.15, 0.2) is 9.82 Å². The third-order valence-corrected chi connectivity index (χ3v) is 4.27. The zero-order valence-corrected chi connectivity index (χ0v) is 13.0. The van der Waals surface area contributed by atoms with Crippen LogP contribution in [-0.2, 0) is 4.74 Å². The summed E-state index contributed by atoms with van der Waals surface area (Å²) in [6.07, 6.45) is 1.75. The fraction of sp³-hybridized carbons (Fsp3) is 0.385. The molecule has 2 N–H and O–H groups in total. The number of morpholine rings is 1. The number of nitriles is 1. The van der Waals surface area contributed by atoms with E-state index in [2.05, 4.69) is 10.1 Å². The van der Waals surface area contributed by atoms with Gasteiger partial charge >= 0.3 is 5.97 Å². The predicted molar refractivity (Wildman–Crippen MR) is 82.3 cm³/mol. The molecule has 2 aromatic heterocycles. The van der Waals surface area contributed by atoms with Gasteiger partial charge in [0.1, 0.15) is 16.7 Å². The molecule has 1 saturated heterocycles. The Morgan fingerprint density at radius 2 is 2.17 bits per heavy atom. The molecule has 1 fully saturated rings. The normalized spacial score (nSPS) is 14.9. The second-order valence-corrected chi connectivity index (χ2v) is 5.63. The Hall–Kier alpha value is -2.51. The van der Waals surface area contributed by atoms with E-state index in [-0.39, 0.29) is 17.0 Å². The number of rotatable bonds is 3. The van der Waals surface area contributed by atoms with Crippen LogP contribution in [0.5, 0.6) is 0 Å². The van der Waals surface area contributed by atoms with E-state index in [1.54, 1.807) is 11.2 Å². The van der Waals surface area contributed by atoms with Gasteiger partial charge in [-0.05, 0) is 6.26 Å². The van der Waals surface area contributed by atoms with Crippen LogP contribution in [0.4, 0.5) is 5.82 Å². The first kappa shape index (κ1) is 15.4. The first-order valence-electron chi connectivity index (χ1n) is 6.77. The molecule has 0 bridgehead atoms. The highest BCUT2D eigenvalue weighted by molar-refractivity contribution is 7.98. The summed E-state index contributed by atoms with van der Waals surface area (Å²) in [7, 11) is 0. The fourth-order valence-electron chi connectivity index (χ4n) is 2.48. The summed E-state index contributed by atoms with van der Waals surface area (Å²) >= 11 is 1.25. The Morgan fingerprint density at radius 3 is 2.74 bits per heavy atom. The molecule has 23 heavy (non-hydrogen) atoms. The third-order valence-electron chi connectivity index (χ3n) is 3.57. The first-order valence-corrected chi connectivity index (χ1v) is 7.99. The van der Waals surface area contributed by atoms with Crippen LogP contribution < -0.4 is 10.5 Å². The van der Waals surface area contributed by atoms with Gasteiger partial charge in [0.05, 0.1) is 13.2 Å². The largest absolute Gasteiger partial charge is 0.477 e. The summed E-state index contributed by atoms with van der Waals surface area (Å²) in [6, 6.07) is 2.01. The van der Waals surface area contributed by atoms with Gasteiger partial charge in [-0.3, -0.25) is 9.89 Å². The smallest absolute Gasteiger partial charge is 0.345 e. The number of nitrogens with one attached hydrogen (secondary N) is 1. The van der Waals surface area contributed by atoms with E-state index in [0.717, 1.165) is 4.52 Å². The number of aromatic nitrogens is 3. The summed E-state index contributed by atoms with van der Waals surface area (Å²) in [5.41, 5.74) is -0.794. The second-order valence-electron chi connectivity index (χ2n) is 4.81. The Bertz CT molecular complexity index is 875. The van der Waals surface area contributed by atoms with Crippen molar-refractivity contribution < 1.29 is 14.6 Å². The van der Waals surface area contributed by atoms with Crippen LogP contribution in [0.25, 0.3) is 5.65 Å². The van der Waals surface area contributed by atoms with E-state index in [4.69, 9.17) is 4.74 Å². The number of carboxylic acids is 1. The number of aromatic amines is 1. The average Bonchev–Trinajstić information content (AvgIpc) is 2.93. The highest BCUT2D eigenvalue weighted by Gasteiger charge is 2.27. The number of fused-ring (bicyclic) bond motifs is 1. The van der Waals surface area contributed by atoms with E-state index < -0.39 is 17.1 Å². The van der Waals surface area contributed by atoms with Crippen molar-refractivity contribution in [2.24, 2.45) is 0 Å². The number of thioether (sulfide) groups is 1. The molecule has 1 aliphatic rings. The van der Waals surface area contributed by atoms with Gasteiger partial charge in [0, 0.05) is 13.1 Å². The molecule has 3 heterocycles. The van der Waals surface area contributed by atoms with Gasteiger partial charge in [-0.25, -0.2) is 9.78 Å². The lowest BCUT2D eigenvalue weighted by Crippen LogP contribution is -2.40. The number of anilines is 1. The van der Waals surface area contributed by atoms with E-state index in [1.165, 1.54) is 11.8 Å². The molecule has 2 aromatic rings. The summed E-state index contributed by atoms with van der Waals surface area (Å²) < 4.78 is 6.26. The third kappa shape index (κ3) is 2.43. The Labute approximate surface area is 134 Å². The Morgan fingerprint density at radius 1 is 1.48 bits per heavy atom. The van der Waals surface area contributed by atoms with E-state index >= 15 is 0 Å². The molecule has 0 saturated carbocycles. The number of hydrogen-bond donors (Lipinski definition) is 2. The SMILES string of the molecule is CSc1[nH]n2c(=O)c(C(=O)O)c(N3CCOCC3)nc2c1C#N. The molecule has 3 rings (SSSR count). The second kappa shape index (κ2) is 5.94. The molecule has 9 nitrogen and oxygen atoms in total. The summed E-state index contributed by atoms with van der Waals surface area (Å²) in [4.78, 5) is 30.1. The maximum absolute atomic E-state index is 12.6. The fourth-order valence-corrected chi connectivity index (χ4v) is 3.00. The summed E-state index contributed by atoms with van der Waals surface area (Å²) in [5.74, 6) is -1.27. The van der Waals surface area contributed by atoms with E-state index in [0.29, 0.717) is 31.3 Å². The number of aromatic carboxylic acids is 1. The standard InChI is InChI=1S/C13H13N5O4S/c1-23-11-7(6-14)9-15-10(17-2-4-22-5-3-17)8(13(20)21)12(19)18(9)16-11/h16H,2-5H2,1H3,(H,20,21). The van der Waals surface area contributed by atoms with Crippen LogP contribution in [0.2, 0.25) is 0 Å². The molecule has 1 aliphatic heterocycles. The van der Waals surface area contributed by atoms with Crippen molar-refractivity contribution in [1.82, 2.24) is 14.6 Å². The first-order chi connectivity index (χ1) is 11.1. The van der Waals surface area contributed by atoms with Crippen molar-refractivity contribution in [1.29, 1.82) is 5.26 Å². The van der Waals surface area contributed by atoms with E-state index in [9.17, 15) is 20.0 Å². The zero-order valence-electron chi connectivity index (χ0n) is 12.2. The number of hydrogen-bond acceptors (Lipinski definition) is 7. The lowest BCUT2D eigenvalue weighted by atomic mass is 10.2. The highest BCUT2D eigenvalue weighted by Crippen LogP contribution is 2.24. The van der Waals surface area contributed by atoms with Gasteiger partial charge in [-0.2, -0.15) is 9.78 Å². The molecule has 120 valence electrons. The summed E-state index contributed by atoms with van der Waals surface area (Å²) in [5, 5.41) is 21.9. The van der Waals surface area contributed by atoms with Gasteiger partial charge in [-0.1, -0.05) is 0 Å². The topological polar surface area (TPSA) is 124 Å². The minimum Gasteiger partial charge on any atom is -0.477 e.